The second-order valence-electron chi connectivity index (χ2n) is 3.78. The Kier molecular flexibility index (Phi) is 7.16. The zero-order valence-corrected chi connectivity index (χ0v) is 11.8. The molecule has 1 heterocycles. The monoisotopic (exact) mass is 254 g/mol. The Morgan fingerprint density at radius 1 is 1.24 bits per heavy atom. The van der Waals surface area contributed by atoms with Gasteiger partial charge in [-0.3, -0.25) is 0 Å². The first-order valence-corrected chi connectivity index (χ1v) is 7.09. The van der Waals surface area contributed by atoms with Gasteiger partial charge in [0.2, 0.25) is 0 Å². The fourth-order valence-corrected chi connectivity index (χ4v) is 2.31. The molecular weight excluding hydrogens is 232 g/mol. The lowest BCUT2D eigenvalue weighted by Crippen LogP contribution is -2.25. The number of hydrogen-bond acceptors (Lipinski definition) is 5. The standard InChI is InChI=1S/C12H22N4S/c1-4-16(5-2)6-7-17-12-14-9-11(8-13-3)10-15-12/h9-10,13H,4-8H2,1-3H3. The third kappa shape index (κ3) is 5.48. The molecule has 0 aliphatic rings. The molecule has 0 aromatic carbocycles. The van der Waals surface area contributed by atoms with E-state index >= 15 is 0 Å². The fourth-order valence-electron chi connectivity index (χ4n) is 1.52. The first-order valence-electron chi connectivity index (χ1n) is 6.10. The molecule has 0 radical (unpaired) electrons. The summed E-state index contributed by atoms with van der Waals surface area (Å²) in [6, 6.07) is 0. The predicted molar refractivity (Wildman–Crippen MR) is 73.3 cm³/mol. The van der Waals surface area contributed by atoms with Crippen molar-refractivity contribution in [2.24, 2.45) is 0 Å². The molecule has 4 nitrogen and oxygen atoms in total. The summed E-state index contributed by atoms with van der Waals surface area (Å²) in [7, 11) is 1.92. The molecule has 0 bridgehead atoms. The molecule has 1 rings (SSSR count). The average molecular weight is 254 g/mol. The Morgan fingerprint density at radius 2 is 1.88 bits per heavy atom. The molecule has 17 heavy (non-hydrogen) atoms. The second kappa shape index (κ2) is 8.44. The molecule has 0 spiro atoms. The van der Waals surface area contributed by atoms with Crippen LogP contribution in [0.1, 0.15) is 19.4 Å². The molecule has 0 saturated heterocycles. The van der Waals surface area contributed by atoms with Crippen molar-refractivity contribution in [3.05, 3.63) is 18.0 Å². The van der Waals surface area contributed by atoms with E-state index in [0.717, 1.165) is 42.7 Å². The zero-order chi connectivity index (χ0) is 12.5. The quantitative estimate of drug-likeness (QED) is 0.564. The van der Waals surface area contributed by atoms with Crippen molar-refractivity contribution in [1.82, 2.24) is 20.2 Å². The Bertz CT molecular complexity index is 298. The van der Waals surface area contributed by atoms with Crippen LogP contribution < -0.4 is 5.32 Å². The lowest BCUT2D eigenvalue weighted by molar-refractivity contribution is 0.324. The molecule has 1 aromatic heterocycles. The van der Waals surface area contributed by atoms with Crippen LogP contribution in [-0.2, 0) is 6.54 Å². The minimum absolute atomic E-state index is 0.824. The van der Waals surface area contributed by atoms with E-state index < -0.39 is 0 Å². The Morgan fingerprint density at radius 3 is 2.41 bits per heavy atom. The zero-order valence-electron chi connectivity index (χ0n) is 10.9. The van der Waals surface area contributed by atoms with E-state index in [1.165, 1.54) is 0 Å². The van der Waals surface area contributed by atoms with E-state index in [-0.39, 0.29) is 0 Å². The van der Waals surface area contributed by atoms with Gasteiger partial charge in [0, 0.05) is 36.8 Å². The summed E-state index contributed by atoms with van der Waals surface area (Å²) in [5.41, 5.74) is 1.13. The summed E-state index contributed by atoms with van der Waals surface area (Å²) in [5.74, 6) is 1.05. The maximum atomic E-state index is 4.34. The van der Waals surface area contributed by atoms with Gasteiger partial charge in [-0.25, -0.2) is 9.97 Å². The first kappa shape index (κ1) is 14.4. The van der Waals surface area contributed by atoms with E-state index in [1.807, 2.05) is 19.4 Å². The van der Waals surface area contributed by atoms with Gasteiger partial charge < -0.3 is 10.2 Å². The van der Waals surface area contributed by atoms with E-state index in [9.17, 15) is 0 Å². The maximum absolute atomic E-state index is 4.34. The van der Waals surface area contributed by atoms with Crippen molar-refractivity contribution in [3.8, 4) is 0 Å². The highest BCUT2D eigenvalue weighted by molar-refractivity contribution is 7.99. The van der Waals surface area contributed by atoms with Crippen LogP contribution in [0.25, 0.3) is 0 Å². The maximum Gasteiger partial charge on any atom is 0.187 e. The highest BCUT2D eigenvalue weighted by Gasteiger charge is 2.01. The third-order valence-electron chi connectivity index (χ3n) is 2.60. The van der Waals surface area contributed by atoms with E-state index in [4.69, 9.17) is 0 Å². The largest absolute Gasteiger partial charge is 0.316 e. The topological polar surface area (TPSA) is 41.1 Å². The van der Waals surface area contributed by atoms with E-state index in [2.05, 4.69) is 34.0 Å². The third-order valence-corrected chi connectivity index (χ3v) is 3.45. The van der Waals surface area contributed by atoms with Crippen LogP contribution in [0.4, 0.5) is 0 Å². The Labute approximate surface area is 108 Å². The average Bonchev–Trinajstić information content (AvgIpc) is 2.37. The van der Waals surface area contributed by atoms with E-state index in [1.54, 1.807) is 11.8 Å². The van der Waals surface area contributed by atoms with Crippen molar-refractivity contribution >= 4 is 11.8 Å². The normalized spacial score (nSPS) is 11.1. The molecule has 1 N–H and O–H groups in total. The lowest BCUT2D eigenvalue weighted by Gasteiger charge is -2.16. The van der Waals surface area contributed by atoms with Gasteiger partial charge in [-0.15, -0.1) is 0 Å². The first-order chi connectivity index (χ1) is 8.30. The SMILES string of the molecule is CCN(CC)CCSc1ncc(CNC)cn1. The van der Waals surface area contributed by atoms with Crippen LogP contribution in [0, 0.1) is 0 Å². The molecule has 1 aromatic rings. The molecule has 0 saturated carbocycles. The van der Waals surface area contributed by atoms with Gasteiger partial charge in [0.25, 0.3) is 0 Å². The predicted octanol–water partition coefficient (Wildman–Crippen LogP) is 1.63. The highest BCUT2D eigenvalue weighted by atomic mass is 32.2. The molecular formula is C12H22N4S. The molecule has 0 unspecified atom stereocenters. The van der Waals surface area contributed by atoms with Crippen LogP contribution in [0.3, 0.4) is 0 Å². The molecule has 0 atom stereocenters. The van der Waals surface area contributed by atoms with Crippen LogP contribution in [0.15, 0.2) is 17.6 Å². The van der Waals surface area contributed by atoms with Crippen molar-refractivity contribution in [3.63, 3.8) is 0 Å². The molecule has 5 heteroatoms. The van der Waals surface area contributed by atoms with Crippen molar-refractivity contribution < 1.29 is 0 Å². The van der Waals surface area contributed by atoms with Gasteiger partial charge in [-0.2, -0.15) is 0 Å². The number of hydrogen-bond donors (Lipinski definition) is 1. The number of thioether (sulfide) groups is 1. The smallest absolute Gasteiger partial charge is 0.187 e. The molecule has 0 amide bonds. The summed E-state index contributed by atoms with van der Waals surface area (Å²) >= 11 is 1.72. The van der Waals surface area contributed by atoms with Crippen LogP contribution >= 0.6 is 11.8 Å². The summed E-state index contributed by atoms with van der Waals surface area (Å²) < 4.78 is 0. The molecule has 0 fully saturated rings. The summed E-state index contributed by atoms with van der Waals surface area (Å²) in [5, 5.41) is 3.96. The van der Waals surface area contributed by atoms with Crippen molar-refractivity contribution in [2.45, 2.75) is 25.5 Å². The van der Waals surface area contributed by atoms with Gasteiger partial charge in [-0.05, 0) is 20.1 Å². The number of aromatic nitrogens is 2. The number of rotatable bonds is 8. The lowest BCUT2D eigenvalue weighted by atomic mass is 10.3. The summed E-state index contributed by atoms with van der Waals surface area (Å²) in [6.07, 6.45) is 3.78. The molecule has 96 valence electrons. The summed E-state index contributed by atoms with van der Waals surface area (Å²) in [6.45, 7) is 8.52. The van der Waals surface area contributed by atoms with Gasteiger partial charge >= 0.3 is 0 Å². The van der Waals surface area contributed by atoms with Crippen LogP contribution in [0.2, 0.25) is 0 Å². The Hall–Kier alpha value is -0.650. The Balaban J connectivity index is 2.31. The molecule has 0 aliphatic heterocycles. The summed E-state index contributed by atoms with van der Waals surface area (Å²) in [4.78, 5) is 11.1. The second-order valence-corrected chi connectivity index (χ2v) is 4.84. The molecule has 0 aliphatic carbocycles. The van der Waals surface area contributed by atoms with Gasteiger partial charge in [0.1, 0.15) is 0 Å². The fraction of sp³-hybridized carbons (Fsp3) is 0.667. The number of nitrogens with zero attached hydrogens (tertiary/aromatic N) is 3. The van der Waals surface area contributed by atoms with Gasteiger partial charge in [0.15, 0.2) is 5.16 Å². The van der Waals surface area contributed by atoms with Gasteiger partial charge in [-0.1, -0.05) is 25.6 Å². The highest BCUT2D eigenvalue weighted by Crippen LogP contribution is 2.12. The van der Waals surface area contributed by atoms with Crippen molar-refractivity contribution in [1.29, 1.82) is 0 Å². The minimum Gasteiger partial charge on any atom is -0.316 e. The van der Waals surface area contributed by atoms with Crippen LogP contribution in [-0.4, -0.2) is 47.3 Å². The van der Waals surface area contributed by atoms with E-state index in [0.29, 0.717) is 0 Å². The minimum atomic E-state index is 0.824. The van der Waals surface area contributed by atoms with Gasteiger partial charge in [0.05, 0.1) is 0 Å². The number of nitrogens with one attached hydrogen (secondary N) is 1. The van der Waals surface area contributed by atoms with Crippen molar-refractivity contribution in [2.75, 3.05) is 32.4 Å². The van der Waals surface area contributed by atoms with Crippen LogP contribution in [0.5, 0.6) is 0 Å².